The van der Waals surface area contributed by atoms with Crippen LogP contribution in [-0.2, 0) is 5.41 Å². The molecule has 3 heteroatoms. The predicted octanol–water partition coefficient (Wildman–Crippen LogP) is 2.36. The molecule has 1 aliphatic rings. The van der Waals surface area contributed by atoms with Crippen molar-refractivity contribution in [1.82, 2.24) is 10.3 Å². The van der Waals surface area contributed by atoms with Crippen LogP contribution in [0.4, 0.5) is 0 Å². The molecule has 1 saturated heterocycles. The van der Waals surface area contributed by atoms with E-state index in [4.69, 9.17) is 4.98 Å². The number of nitrogens with zero attached hydrogens (tertiary/aromatic N) is 1. The molecule has 1 aromatic heterocycles. The van der Waals surface area contributed by atoms with Crippen LogP contribution in [0.1, 0.15) is 18.5 Å². The summed E-state index contributed by atoms with van der Waals surface area (Å²) in [5.41, 5.74) is 2.85. The van der Waals surface area contributed by atoms with Crippen molar-refractivity contribution < 1.29 is 5.11 Å². The van der Waals surface area contributed by atoms with E-state index in [9.17, 15) is 5.11 Å². The zero-order valence-corrected chi connectivity index (χ0v) is 11.5. The molecule has 1 atom stereocenters. The van der Waals surface area contributed by atoms with Crippen LogP contribution >= 0.6 is 0 Å². The molecule has 0 saturated carbocycles. The number of aliphatic hydroxyl groups excluding tert-OH is 1. The van der Waals surface area contributed by atoms with Gasteiger partial charge >= 0.3 is 0 Å². The van der Waals surface area contributed by atoms with Crippen LogP contribution in [0, 0.1) is 0 Å². The summed E-state index contributed by atoms with van der Waals surface area (Å²) in [5, 5.41) is 13.3. The molecule has 2 heterocycles. The molecule has 0 aliphatic carbocycles. The molecule has 104 valence electrons. The third-order valence-electron chi connectivity index (χ3n) is 4.14. The van der Waals surface area contributed by atoms with Crippen molar-refractivity contribution >= 4 is 0 Å². The highest BCUT2D eigenvalue weighted by Crippen LogP contribution is 2.30. The van der Waals surface area contributed by atoms with Gasteiger partial charge in [-0.3, -0.25) is 4.98 Å². The van der Waals surface area contributed by atoms with E-state index in [0.29, 0.717) is 0 Å². The number of benzene rings is 1. The van der Waals surface area contributed by atoms with Gasteiger partial charge in [-0.1, -0.05) is 36.4 Å². The Balaban J connectivity index is 1.98. The van der Waals surface area contributed by atoms with E-state index in [2.05, 4.69) is 17.4 Å². The van der Waals surface area contributed by atoms with Crippen molar-refractivity contribution in [3.05, 3.63) is 54.2 Å². The van der Waals surface area contributed by atoms with Crippen LogP contribution in [0.25, 0.3) is 11.3 Å². The smallest absolute Gasteiger partial charge is 0.0705 e. The van der Waals surface area contributed by atoms with Crippen molar-refractivity contribution in [3.63, 3.8) is 0 Å². The molecule has 0 bridgehead atoms. The Morgan fingerprint density at radius 3 is 2.65 bits per heavy atom. The number of rotatable bonds is 3. The number of hydrogen-bond donors (Lipinski definition) is 2. The predicted molar refractivity (Wildman–Crippen MR) is 80.5 cm³/mol. The number of pyridine rings is 1. The van der Waals surface area contributed by atoms with Crippen LogP contribution in [0.2, 0.25) is 0 Å². The minimum Gasteiger partial charge on any atom is -0.395 e. The van der Waals surface area contributed by atoms with E-state index in [1.807, 2.05) is 36.4 Å². The highest BCUT2D eigenvalue weighted by Gasteiger charge is 2.34. The Hall–Kier alpha value is -1.71. The summed E-state index contributed by atoms with van der Waals surface area (Å²) in [7, 11) is 0. The molecule has 0 radical (unpaired) electrons. The Morgan fingerprint density at radius 2 is 1.95 bits per heavy atom. The zero-order chi connectivity index (χ0) is 13.8. The fraction of sp³-hybridized carbons (Fsp3) is 0.353. The summed E-state index contributed by atoms with van der Waals surface area (Å²) < 4.78 is 0. The highest BCUT2D eigenvalue weighted by atomic mass is 16.3. The lowest BCUT2D eigenvalue weighted by atomic mass is 9.78. The fourth-order valence-electron chi connectivity index (χ4n) is 2.90. The fourth-order valence-corrected chi connectivity index (χ4v) is 2.90. The Kier molecular flexibility index (Phi) is 3.81. The Labute approximate surface area is 119 Å². The van der Waals surface area contributed by atoms with Gasteiger partial charge in [0, 0.05) is 17.5 Å². The average Bonchev–Trinajstić information content (AvgIpc) is 2.56. The van der Waals surface area contributed by atoms with E-state index in [1.165, 1.54) is 0 Å². The quantitative estimate of drug-likeness (QED) is 0.898. The van der Waals surface area contributed by atoms with Gasteiger partial charge < -0.3 is 10.4 Å². The topological polar surface area (TPSA) is 45.2 Å². The number of nitrogens with one attached hydrogen (secondary N) is 1. The molecule has 20 heavy (non-hydrogen) atoms. The molecular weight excluding hydrogens is 248 g/mol. The summed E-state index contributed by atoms with van der Waals surface area (Å²) in [6.45, 7) is 1.97. The third kappa shape index (κ3) is 2.47. The minimum absolute atomic E-state index is 0.144. The lowest BCUT2D eigenvalue weighted by molar-refractivity contribution is 0.159. The van der Waals surface area contributed by atoms with Gasteiger partial charge in [-0.2, -0.15) is 0 Å². The Bertz CT molecular complexity index is 562. The van der Waals surface area contributed by atoms with Gasteiger partial charge in [0.25, 0.3) is 0 Å². The molecule has 1 aromatic carbocycles. The lowest BCUT2D eigenvalue weighted by Crippen LogP contribution is -2.46. The van der Waals surface area contributed by atoms with E-state index in [1.54, 1.807) is 0 Å². The van der Waals surface area contributed by atoms with Crippen LogP contribution < -0.4 is 5.32 Å². The first-order valence-electron chi connectivity index (χ1n) is 7.19. The molecule has 2 aromatic rings. The summed E-state index contributed by atoms with van der Waals surface area (Å²) >= 11 is 0. The van der Waals surface area contributed by atoms with Crippen molar-refractivity contribution in [2.75, 3.05) is 19.7 Å². The van der Waals surface area contributed by atoms with E-state index < -0.39 is 0 Å². The normalized spacial score (nSPS) is 22.6. The number of aliphatic hydroxyl groups is 1. The SMILES string of the molecule is OCC1(c2cccc(-c3ccccc3)n2)CCCNC1. The van der Waals surface area contributed by atoms with E-state index in [0.717, 1.165) is 42.9 Å². The number of hydrogen-bond acceptors (Lipinski definition) is 3. The lowest BCUT2D eigenvalue weighted by Gasteiger charge is -2.35. The van der Waals surface area contributed by atoms with Crippen LogP contribution in [0.3, 0.4) is 0 Å². The molecule has 0 spiro atoms. The summed E-state index contributed by atoms with van der Waals surface area (Å²) in [6, 6.07) is 16.3. The second kappa shape index (κ2) is 5.73. The van der Waals surface area contributed by atoms with Gasteiger partial charge in [0.05, 0.1) is 18.0 Å². The second-order valence-corrected chi connectivity index (χ2v) is 5.49. The average molecular weight is 268 g/mol. The number of piperidine rings is 1. The van der Waals surface area contributed by atoms with E-state index >= 15 is 0 Å². The molecule has 2 N–H and O–H groups in total. The van der Waals surface area contributed by atoms with E-state index in [-0.39, 0.29) is 12.0 Å². The van der Waals surface area contributed by atoms with Gasteiger partial charge in [0.1, 0.15) is 0 Å². The summed E-state index contributed by atoms with van der Waals surface area (Å²) in [4.78, 5) is 4.81. The van der Waals surface area contributed by atoms with Gasteiger partial charge in [-0.15, -0.1) is 0 Å². The maximum Gasteiger partial charge on any atom is 0.0705 e. The first-order valence-corrected chi connectivity index (χ1v) is 7.19. The third-order valence-corrected chi connectivity index (χ3v) is 4.14. The summed E-state index contributed by atoms with van der Waals surface area (Å²) in [5.74, 6) is 0. The second-order valence-electron chi connectivity index (χ2n) is 5.49. The molecule has 3 rings (SSSR count). The molecule has 1 fully saturated rings. The summed E-state index contributed by atoms with van der Waals surface area (Å²) in [6.07, 6.45) is 2.07. The van der Waals surface area contributed by atoms with Crippen LogP contribution in [-0.4, -0.2) is 29.8 Å². The maximum absolute atomic E-state index is 9.88. The molecule has 1 unspecified atom stereocenters. The van der Waals surface area contributed by atoms with Crippen LogP contribution in [0.15, 0.2) is 48.5 Å². The van der Waals surface area contributed by atoms with Gasteiger partial charge in [-0.05, 0) is 31.5 Å². The van der Waals surface area contributed by atoms with Crippen molar-refractivity contribution in [2.24, 2.45) is 0 Å². The van der Waals surface area contributed by atoms with Crippen molar-refractivity contribution in [1.29, 1.82) is 0 Å². The first kappa shape index (κ1) is 13.3. The van der Waals surface area contributed by atoms with Crippen molar-refractivity contribution in [2.45, 2.75) is 18.3 Å². The first-order chi connectivity index (χ1) is 9.84. The molecule has 0 amide bonds. The minimum atomic E-state index is -0.233. The maximum atomic E-state index is 9.88. The van der Waals surface area contributed by atoms with Crippen LogP contribution in [0.5, 0.6) is 0 Å². The molecule has 1 aliphatic heterocycles. The number of aromatic nitrogens is 1. The highest BCUT2D eigenvalue weighted by molar-refractivity contribution is 5.59. The molecule has 3 nitrogen and oxygen atoms in total. The monoisotopic (exact) mass is 268 g/mol. The van der Waals surface area contributed by atoms with Crippen molar-refractivity contribution in [3.8, 4) is 11.3 Å². The Morgan fingerprint density at radius 1 is 1.10 bits per heavy atom. The standard InChI is InChI=1S/C17H20N2O/c20-13-17(10-5-11-18-12-17)16-9-4-8-15(19-16)14-6-2-1-3-7-14/h1-4,6-9,18,20H,5,10-13H2. The van der Waals surface area contributed by atoms with Gasteiger partial charge in [-0.25, -0.2) is 0 Å². The largest absolute Gasteiger partial charge is 0.395 e. The van der Waals surface area contributed by atoms with Gasteiger partial charge in [0.2, 0.25) is 0 Å². The van der Waals surface area contributed by atoms with Gasteiger partial charge in [0.15, 0.2) is 0 Å². The zero-order valence-electron chi connectivity index (χ0n) is 11.5. The molecular formula is C17H20N2O.